The monoisotopic (exact) mass is 422 g/mol. The zero-order chi connectivity index (χ0) is 22.4. The van der Waals surface area contributed by atoms with E-state index in [2.05, 4.69) is 0 Å². The highest BCUT2D eigenvalue weighted by molar-refractivity contribution is 5.96. The van der Waals surface area contributed by atoms with Gasteiger partial charge in [-0.1, -0.05) is 67.1 Å². The number of aryl methyl sites for hydroxylation is 1. The summed E-state index contributed by atoms with van der Waals surface area (Å²) >= 11 is 0. The average Bonchev–Trinajstić information content (AvgIpc) is 2.72. The zero-order valence-corrected chi connectivity index (χ0v) is 17.2. The third-order valence-corrected chi connectivity index (χ3v) is 4.97. The fraction of sp³-hybridized carbons (Fsp3) is 0.391. The number of esters is 1. The maximum atomic E-state index is 14.0. The van der Waals surface area contributed by atoms with Crippen LogP contribution in [-0.4, -0.2) is 31.1 Å². The second kappa shape index (κ2) is 9.89. The van der Waals surface area contributed by atoms with Crippen molar-refractivity contribution in [3.05, 3.63) is 71.3 Å². The number of halogens is 3. The summed E-state index contributed by atoms with van der Waals surface area (Å²) < 4.78 is 51.8. The molecular formula is C23H25F3O4. The Kier molecular flexibility index (Phi) is 7.78. The maximum absolute atomic E-state index is 14.0. The quantitative estimate of drug-likeness (QED) is 0.402. The second-order valence-electron chi connectivity index (χ2n) is 7.01. The first-order valence-electron chi connectivity index (χ1n) is 9.64. The number of hydrogen-bond acceptors (Lipinski definition) is 4. The molecule has 2 aromatic rings. The van der Waals surface area contributed by atoms with Gasteiger partial charge >= 0.3 is 12.1 Å². The first-order valence-corrected chi connectivity index (χ1v) is 9.64. The van der Waals surface area contributed by atoms with E-state index in [9.17, 15) is 22.8 Å². The van der Waals surface area contributed by atoms with Gasteiger partial charge < -0.3 is 9.47 Å². The summed E-state index contributed by atoms with van der Waals surface area (Å²) in [6.07, 6.45) is -5.46. The fourth-order valence-electron chi connectivity index (χ4n) is 3.14. The summed E-state index contributed by atoms with van der Waals surface area (Å²) in [5.74, 6) is -1.71. The first kappa shape index (κ1) is 23.6. The molecule has 7 heteroatoms. The molecule has 0 aromatic heterocycles. The van der Waals surface area contributed by atoms with Gasteiger partial charge in [-0.15, -0.1) is 0 Å². The SMILES string of the molecule is CCC(CCC(=O)c1ccc(C)cc1)OC(=O)[C@@](OC)(c1ccccc1)C(F)(F)F. The summed E-state index contributed by atoms with van der Waals surface area (Å²) in [6, 6.07) is 13.7. The topological polar surface area (TPSA) is 52.6 Å². The van der Waals surface area contributed by atoms with Crippen LogP contribution in [0.25, 0.3) is 0 Å². The van der Waals surface area contributed by atoms with Crippen molar-refractivity contribution < 1.29 is 32.2 Å². The van der Waals surface area contributed by atoms with E-state index in [-0.39, 0.29) is 30.6 Å². The van der Waals surface area contributed by atoms with Crippen LogP contribution in [0.2, 0.25) is 0 Å². The molecule has 0 radical (unpaired) electrons. The minimum atomic E-state index is -5.03. The number of carbonyl (C=O) groups excluding carboxylic acids is 2. The predicted molar refractivity (Wildman–Crippen MR) is 106 cm³/mol. The van der Waals surface area contributed by atoms with Gasteiger partial charge in [-0.2, -0.15) is 13.2 Å². The van der Waals surface area contributed by atoms with Crippen molar-refractivity contribution in [3.63, 3.8) is 0 Å². The third kappa shape index (κ3) is 5.08. The van der Waals surface area contributed by atoms with E-state index >= 15 is 0 Å². The lowest BCUT2D eigenvalue weighted by molar-refractivity contribution is -0.278. The number of ether oxygens (including phenoxy) is 2. The summed E-state index contributed by atoms with van der Waals surface area (Å²) in [4.78, 5) is 25.1. The molecule has 4 nitrogen and oxygen atoms in total. The van der Waals surface area contributed by atoms with Gasteiger partial charge in [-0.3, -0.25) is 4.79 Å². The molecule has 0 N–H and O–H groups in total. The lowest BCUT2D eigenvalue weighted by atomic mass is 9.92. The molecule has 0 amide bonds. The summed E-state index contributed by atoms with van der Waals surface area (Å²) in [5.41, 5.74) is -2.08. The van der Waals surface area contributed by atoms with Crippen LogP contribution in [0.3, 0.4) is 0 Å². The number of methoxy groups -OCH3 is 1. The van der Waals surface area contributed by atoms with Crippen molar-refractivity contribution in [1.29, 1.82) is 0 Å². The van der Waals surface area contributed by atoms with E-state index in [1.54, 1.807) is 31.2 Å². The van der Waals surface area contributed by atoms with Crippen LogP contribution < -0.4 is 0 Å². The molecule has 2 aromatic carbocycles. The molecule has 30 heavy (non-hydrogen) atoms. The minimum Gasteiger partial charge on any atom is -0.460 e. The van der Waals surface area contributed by atoms with Gasteiger partial charge in [0, 0.05) is 24.7 Å². The summed E-state index contributed by atoms with van der Waals surface area (Å²) in [7, 11) is 0.823. The van der Waals surface area contributed by atoms with Gasteiger partial charge in [-0.05, 0) is 19.8 Å². The van der Waals surface area contributed by atoms with Crippen molar-refractivity contribution >= 4 is 11.8 Å². The first-order chi connectivity index (χ1) is 14.2. The summed E-state index contributed by atoms with van der Waals surface area (Å²) in [6.45, 7) is 3.58. The molecule has 0 aliphatic carbocycles. The zero-order valence-electron chi connectivity index (χ0n) is 17.2. The van der Waals surface area contributed by atoms with Crippen molar-refractivity contribution in [2.24, 2.45) is 0 Å². The summed E-state index contributed by atoms with van der Waals surface area (Å²) in [5, 5.41) is 0. The van der Waals surface area contributed by atoms with Crippen molar-refractivity contribution in [3.8, 4) is 0 Å². The Morgan fingerprint density at radius 1 is 1.00 bits per heavy atom. The number of rotatable bonds is 9. The Balaban J connectivity index is 2.16. The van der Waals surface area contributed by atoms with Gasteiger partial charge in [0.2, 0.25) is 0 Å². The van der Waals surface area contributed by atoms with E-state index in [1.165, 1.54) is 30.3 Å². The molecule has 2 atom stereocenters. The Morgan fingerprint density at radius 3 is 2.10 bits per heavy atom. The van der Waals surface area contributed by atoms with Crippen LogP contribution in [0.15, 0.2) is 54.6 Å². The van der Waals surface area contributed by atoms with E-state index in [1.807, 2.05) is 6.92 Å². The number of alkyl halides is 3. The molecule has 0 aliphatic rings. The second-order valence-corrected chi connectivity index (χ2v) is 7.01. The molecule has 0 heterocycles. The molecular weight excluding hydrogens is 397 g/mol. The van der Waals surface area contributed by atoms with Crippen LogP contribution >= 0.6 is 0 Å². The van der Waals surface area contributed by atoms with E-state index in [0.29, 0.717) is 5.56 Å². The molecule has 0 fully saturated rings. The normalized spacial score (nSPS) is 14.6. The van der Waals surface area contributed by atoms with Gasteiger partial charge in [0.15, 0.2) is 5.78 Å². The van der Waals surface area contributed by atoms with Gasteiger partial charge in [-0.25, -0.2) is 4.79 Å². The van der Waals surface area contributed by atoms with Crippen molar-refractivity contribution in [1.82, 2.24) is 0 Å². The molecule has 0 spiro atoms. The Hall–Kier alpha value is -2.67. The number of ketones is 1. The number of benzene rings is 2. The number of hydrogen-bond donors (Lipinski definition) is 0. The highest BCUT2D eigenvalue weighted by atomic mass is 19.4. The van der Waals surface area contributed by atoms with Gasteiger partial charge in [0.1, 0.15) is 6.10 Å². The van der Waals surface area contributed by atoms with E-state index in [4.69, 9.17) is 9.47 Å². The molecule has 1 unspecified atom stereocenters. The fourth-order valence-corrected chi connectivity index (χ4v) is 3.14. The average molecular weight is 422 g/mol. The molecule has 0 aliphatic heterocycles. The Morgan fingerprint density at radius 2 is 1.60 bits per heavy atom. The minimum absolute atomic E-state index is 0.0478. The van der Waals surface area contributed by atoms with E-state index in [0.717, 1.165) is 12.7 Å². The van der Waals surface area contributed by atoms with Gasteiger partial charge in [0.05, 0.1) is 0 Å². The molecule has 2 rings (SSSR count). The van der Waals surface area contributed by atoms with Crippen molar-refractivity contribution in [2.45, 2.75) is 51.0 Å². The standard InChI is InChI=1S/C23H25F3O4/c1-4-19(14-15-20(27)17-12-10-16(2)11-13-17)30-21(28)22(29-3,23(24,25)26)18-8-6-5-7-9-18/h5-13,19H,4,14-15H2,1-3H3/t19?,22-/m0/s1. The largest absolute Gasteiger partial charge is 0.460 e. The molecule has 0 saturated carbocycles. The van der Waals surface area contributed by atoms with Crippen LogP contribution in [-0.2, 0) is 19.9 Å². The highest BCUT2D eigenvalue weighted by Gasteiger charge is 2.64. The van der Waals surface area contributed by atoms with E-state index < -0.39 is 23.9 Å². The van der Waals surface area contributed by atoms with Crippen molar-refractivity contribution in [2.75, 3.05) is 7.11 Å². The third-order valence-electron chi connectivity index (χ3n) is 4.97. The highest BCUT2D eigenvalue weighted by Crippen LogP contribution is 2.43. The predicted octanol–water partition coefficient (Wildman–Crippen LogP) is 5.38. The van der Waals surface area contributed by atoms with Crippen LogP contribution in [0, 0.1) is 6.92 Å². The number of carbonyl (C=O) groups is 2. The molecule has 0 bridgehead atoms. The Labute approximate surface area is 174 Å². The van der Waals surface area contributed by atoms with Crippen LogP contribution in [0.4, 0.5) is 13.2 Å². The lowest BCUT2D eigenvalue weighted by Gasteiger charge is -2.33. The lowest BCUT2D eigenvalue weighted by Crippen LogP contribution is -2.52. The number of Topliss-reactive ketones (excluding diaryl/α,β-unsaturated/α-hetero) is 1. The smallest absolute Gasteiger partial charge is 0.432 e. The Bertz CT molecular complexity index is 847. The van der Waals surface area contributed by atoms with Gasteiger partial charge in [0.25, 0.3) is 5.60 Å². The molecule has 162 valence electrons. The molecule has 0 saturated heterocycles. The van der Waals surface area contributed by atoms with Crippen LogP contribution in [0.1, 0.15) is 47.7 Å². The van der Waals surface area contributed by atoms with Crippen LogP contribution in [0.5, 0.6) is 0 Å². The maximum Gasteiger partial charge on any atom is 0.432 e.